The van der Waals surface area contributed by atoms with E-state index in [1.54, 1.807) is 19.2 Å². The molecule has 11 heavy (non-hydrogen) atoms. The van der Waals surface area contributed by atoms with E-state index in [0.717, 1.165) is 4.47 Å². The summed E-state index contributed by atoms with van der Waals surface area (Å²) in [6.07, 6.45) is 0. The van der Waals surface area contributed by atoms with Crippen molar-refractivity contribution >= 4 is 31.9 Å². The second-order valence-corrected chi connectivity index (χ2v) is 3.50. The molecule has 1 N–H and O–H groups in total. The Kier molecular flexibility index (Phi) is 2.78. The predicted molar refractivity (Wildman–Crippen MR) is 50.1 cm³/mol. The summed E-state index contributed by atoms with van der Waals surface area (Å²) in [6.45, 7) is 0. The van der Waals surface area contributed by atoms with Crippen LogP contribution in [-0.4, -0.2) is 12.2 Å². The van der Waals surface area contributed by atoms with Gasteiger partial charge >= 0.3 is 0 Å². The fourth-order valence-electron chi connectivity index (χ4n) is 0.679. The van der Waals surface area contributed by atoms with Gasteiger partial charge in [-0.1, -0.05) is 0 Å². The summed E-state index contributed by atoms with van der Waals surface area (Å²) in [5.41, 5.74) is 0. The van der Waals surface area contributed by atoms with Crippen molar-refractivity contribution in [3.05, 3.63) is 21.1 Å². The summed E-state index contributed by atoms with van der Waals surface area (Å²) in [5.74, 6) is 0.882. The van der Waals surface area contributed by atoms with Crippen molar-refractivity contribution in [1.82, 2.24) is 0 Å². The van der Waals surface area contributed by atoms with Gasteiger partial charge in [-0.15, -0.1) is 0 Å². The number of methoxy groups -OCH3 is 1. The van der Waals surface area contributed by atoms with Gasteiger partial charge < -0.3 is 9.84 Å². The third kappa shape index (κ3) is 1.68. The van der Waals surface area contributed by atoms with Gasteiger partial charge in [0.2, 0.25) is 0 Å². The summed E-state index contributed by atoms with van der Waals surface area (Å²) in [7, 11) is 1.57. The van der Waals surface area contributed by atoms with Crippen molar-refractivity contribution in [2.75, 3.05) is 7.11 Å². The highest BCUT2D eigenvalue weighted by atomic mass is 79.9. The van der Waals surface area contributed by atoms with E-state index in [0.29, 0.717) is 10.2 Å². The highest BCUT2D eigenvalue weighted by Gasteiger charge is 2.07. The van der Waals surface area contributed by atoms with E-state index in [2.05, 4.69) is 31.9 Å². The Bertz CT molecular complexity index is 273. The summed E-state index contributed by atoms with van der Waals surface area (Å²) >= 11 is 6.45. The average molecular weight is 282 g/mol. The summed E-state index contributed by atoms with van der Waals surface area (Å²) < 4.78 is 6.32. The summed E-state index contributed by atoms with van der Waals surface area (Å²) in [5, 5.41) is 9.19. The highest BCUT2D eigenvalue weighted by Crippen LogP contribution is 2.38. The Hall–Kier alpha value is -0.220. The number of rotatable bonds is 1. The molecule has 0 saturated heterocycles. The minimum atomic E-state index is 0.192. The molecule has 2 nitrogen and oxygen atoms in total. The fourth-order valence-corrected chi connectivity index (χ4v) is 1.50. The third-order valence-electron chi connectivity index (χ3n) is 1.25. The molecule has 60 valence electrons. The molecule has 4 heteroatoms. The van der Waals surface area contributed by atoms with Crippen molar-refractivity contribution in [1.29, 1.82) is 0 Å². The second kappa shape index (κ2) is 3.45. The molecule has 0 fully saturated rings. The molecule has 1 rings (SSSR count). The van der Waals surface area contributed by atoms with Gasteiger partial charge in [-0.2, -0.15) is 0 Å². The van der Waals surface area contributed by atoms with E-state index in [-0.39, 0.29) is 5.75 Å². The van der Waals surface area contributed by atoms with Crippen LogP contribution in [0.15, 0.2) is 21.1 Å². The van der Waals surface area contributed by atoms with Gasteiger partial charge in [-0.25, -0.2) is 0 Å². The monoisotopic (exact) mass is 280 g/mol. The molecule has 1 aromatic rings. The fraction of sp³-hybridized carbons (Fsp3) is 0.143. The van der Waals surface area contributed by atoms with Crippen LogP contribution in [0.2, 0.25) is 0 Å². The standard InChI is InChI=1S/C7H6Br2O2/c1-11-5-3-2-4(10)6(8)7(5)9/h2-3,10H,1H3. The van der Waals surface area contributed by atoms with Gasteiger partial charge in [0.05, 0.1) is 16.1 Å². The maximum absolute atomic E-state index is 9.19. The Balaban J connectivity index is 3.25. The number of ether oxygens (including phenoxy) is 1. The molecule has 0 atom stereocenters. The largest absolute Gasteiger partial charge is 0.507 e. The van der Waals surface area contributed by atoms with Gasteiger partial charge in [0, 0.05) is 0 Å². The van der Waals surface area contributed by atoms with E-state index < -0.39 is 0 Å². The first-order chi connectivity index (χ1) is 5.16. The van der Waals surface area contributed by atoms with Crippen LogP contribution in [0.5, 0.6) is 11.5 Å². The van der Waals surface area contributed by atoms with E-state index in [9.17, 15) is 5.11 Å². The van der Waals surface area contributed by atoms with Crippen molar-refractivity contribution in [3.8, 4) is 11.5 Å². The van der Waals surface area contributed by atoms with Crippen molar-refractivity contribution < 1.29 is 9.84 Å². The zero-order valence-corrected chi connectivity index (χ0v) is 8.94. The lowest BCUT2D eigenvalue weighted by Crippen LogP contribution is -1.84. The van der Waals surface area contributed by atoms with Crippen LogP contribution in [-0.2, 0) is 0 Å². The lowest BCUT2D eigenvalue weighted by molar-refractivity contribution is 0.408. The Morgan fingerprint density at radius 2 is 1.91 bits per heavy atom. The number of hydrogen-bond acceptors (Lipinski definition) is 2. The van der Waals surface area contributed by atoms with Gasteiger partial charge in [-0.3, -0.25) is 0 Å². The van der Waals surface area contributed by atoms with Crippen LogP contribution < -0.4 is 4.74 Å². The first kappa shape index (κ1) is 8.87. The summed E-state index contributed by atoms with van der Waals surface area (Å²) in [6, 6.07) is 3.25. The SMILES string of the molecule is COc1ccc(O)c(Br)c1Br. The van der Waals surface area contributed by atoms with Gasteiger partial charge in [0.1, 0.15) is 11.5 Å². The number of phenols is 1. The number of phenolic OH excluding ortho intramolecular Hbond substituents is 1. The van der Waals surface area contributed by atoms with Gasteiger partial charge in [0.15, 0.2) is 0 Å². The van der Waals surface area contributed by atoms with Crippen LogP contribution in [0.4, 0.5) is 0 Å². The van der Waals surface area contributed by atoms with Crippen molar-refractivity contribution in [2.24, 2.45) is 0 Å². The zero-order valence-electron chi connectivity index (χ0n) is 5.77. The molecular weight excluding hydrogens is 276 g/mol. The molecule has 0 aliphatic carbocycles. The van der Waals surface area contributed by atoms with Crippen LogP contribution >= 0.6 is 31.9 Å². The third-order valence-corrected chi connectivity index (χ3v) is 3.37. The molecule has 0 heterocycles. The molecule has 0 saturated carbocycles. The number of benzene rings is 1. The smallest absolute Gasteiger partial charge is 0.134 e. The van der Waals surface area contributed by atoms with Crippen LogP contribution in [0.25, 0.3) is 0 Å². The van der Waals surface area contributed by atoms with Crippen LogP contribution in [0.1, 0.15) is 0 Å². The summed E-state index contributed by atoms with van der Waals surface area (Å²) in [4.78, 5) is 0. The predicted octanol–water partition coefficient (Wildman–Crippen LogP) is 2.93. The minimum Gasteiger partial charge on any atom is -0.507 e. The Morgan fingerprint density at radius 3 is 2.45 bits per heavy atom. The number of hydrogen-bond donors (Lipinski definition) is 1. The lowest BCUT2D eigenvalue weighted by Gasteiger charge is -2.05. The van der Waals surface area contributed by atoms with Crippen molar-refractivity contribution in [3.63, 3.8) is 0 Å². The maximum atomic E-state index is 9.19. The Labute approximate surface area is 81.4 Å². The quantitative estimate of drug-likeness (QED) is 0.858. The topological polar surface area (TPSA) is 29.5 Å². The molecule has 0 spiro atoms. The van der Waals surface area contributed by atoms with Crippen LogP contribution in [0.3, 0.4) is 0 Å². The second-order valence-electron chi connectivity index (χ2n) is 1.91. The zero-order chi connectivity index (χ0) is 8.43. The number of halogens is 2. The number of aromatic hydroxyl groups is 1. The van der Waals surface area contributed by atoms with Crippen molar-refractivity contribution in [2.45, 2.75) is 0 Å². The molecular formula is C7H6Br2O2. The van der Waals surface area contributed by atoms with Gasteiger partial charge in [0.25, 0.3) is 0 Å². The van der Waals surface area contributed by atoms with E-state index in [1.165, 1.54) is 0 Å². The normalized spacial score (nSPS) is 9.73. The average Bonchev–Trinajstić information content (AvgIpc) is 2.01. The first-order valence-electron chi connectivity index (χ1n) is 2.87. The molecule has 0 bridgehead atoms. The molecule has 0 aliphatic heterocycles. The molecule has 0 aromatic heterocycles. The van der Waals surface area contributed by atoms with E-state index in [4.69, 9.17) is 4.74 Å². The lowest BCUT2D eigenvalue weighted by atomic mass is 10.3. The maximum Gasteiger partial charge on any atom is 0.134 e. The minimum absolute atomic E-state index is 0.192. The molecule has 0 radical (unpaired) electrons. The molecule has 1 aromatic carbocycles. The molecule has 0 aliphatic rings. The first-order valence-corrected chi connectivity index (χ1v) is 4.46. The molecule has 0 amide bonds. The van der Waals surface area contributed by atoms with E-state index in [1.807, 2.05) is 0 Å². The van der Waals surface area contributed by atoms with Crippen LogP contribution in [0, 0.1) is 0 Å². The Morgan fingerprint density at radius 1 is 1.27 bits per heavy atom. The highest BCUT2D eigenvalue weighted by molar-refractivity contribution is 9.13. The molecule has 0 unspecified atom stereocenters. The van der Waals surface area contributed by atoms with E-state index >= 15 is 0 Å². The van der Waals surface area contributed by atoms with Gasteiger partial charge in [-0.05, 0) is 44.0 Å².